The largest absolute Gasteiger partial charge is 0.388 e. The van der Waals surface area contributed by atoms with Gasteiger partial charge in [0.25, 0.3) is 0 Å². The van der Waals surface area contributed by atoms with Crippen molar-refractivity contribution in [3.05, 3.63) is 57.8 Å². The molecule has 0 saturated carbocycles. The van der Waals surface area contributed by atoms with E-state index in [2.05, 4.69) is 52.5 Å². The van der Waals surface area contributed by atoms with Gasteiger partial charge >= 0.3 is 0 Å². The van der Waals surface area contributed by atoms with E-state index in [9.17, 15) is 30.6 Å². The Kier molecular flexibility index (Phi) is 6.95. The summed E-state index contributed by atoms with van der Waals surface area (Å²) < 4.78 is 3.55. The molecule has 2 heterocycles. The molecule has 5 rings (SSSR count). The van der Waals surface area contributed by atoms with E-state index in [-0.39, 0.29) is 0 Å². The summed E-state index contributed by atoms with van der Waals surface area (Å²) in [6.45, 7) is 0. The summed E-state index contributed by atoms with van der Waals surface area (Å²) in [5, 5.41) is 77.1. The van der Waals surface area contributed by atoms with E-state index >= 15 is 0 Å². The number of hydrogen-bond acceptors (Lipinski definition) is 10. The van der Waals surface area contributed by atoms with E-state index < -0.39 is 48.7 Å². The van der Waals surface area contributed by atoms with Gasteiger partial charge in [0.1, 0.15) is 60.1 Å². The molecule has 3 aromatic rings. The lowest BCUT2D eigenvalue weighted by Crippen LogP contribution is -2.45. The van der Waals surface area contributed by atoms with Gasteiger partial charge in [-0.05, 0) is 12.2 Å². The van der Waals surface area contributed by atoms with Gasteiger partial charge in [0.05, 0.1) is 12.4 Å². The third kappa shape index (κ3) is 4.48. The lowest BCUT2D eigenvalue weighted by atomic mass is 9.94. The molecular weight excluding hydrogens is 604 g/mol. The molecule has 2 aliphatic carbocycles. The van der Waals surface area contributed by atoms with Gasteiger partial charge < -0.3 is 30.6 Å². The van der Waals surface area contributed by atoms with E-state index in [1.54, 1.807) is 24.5 Å². The molecule has 0 unspecified atom stereocenters. The molecule has 0 fully saturated rings. The lowest BCUT2D eigenvalue weighted by molar-refractivity contribution is -0.0654. The fraction of sp³-hybridized carbons (Fsp3) is 0.364. The van der Waals surface area contributed by atoms with Crippen LogP contribution in [0.15, 0.2) is 57.8 Å². The second-order valence-electron chi connectivity index (χ2n) is 8.68. The smallest absolute Gasteiger partial charge is 0.114 e. The highest BCUT2D eigenvalue weighted by atomic mass is 79.9. The van der Waals surface area contributed by atoms with Crippen molar-refractivity contribution in [3.8, 4) is 22.5 Å². The Balaban J connectivity index is 1.35. The number of aliphatic hydroxyl groups excluding tert-OH is 6. The van der Waals surface area contributed by atoms with Crippen LogP contribution in [0.5, 0.6) is 0 Å². The first-order valence-corrected chi connectivity index (χ1v) is 12.5. The predicted octanol–water partition coefficient (Wildman–Crippen LogP) is 0.0360. The monoisotopic (exact) mass is 624 g/mol. The number of halogens is 2. The quantitative estimate of drug-likeness (QED) is 0.231. The van der Waals surface area contributed by atoms with Crippen molar-refractivity contribution in [3.63, 3.8) is 0 Å². The van der Waals surface area contributed by atoms with Gasteiger partial charge in [-0.3, -0.25) is 0 Å². The predicted molar refractivity (Wildman–Crippen MR) is 133 cm³/mol. The summed E-state index contributed by atoms with van der Waals surface area (Å²) in [7, 11) is 0. The van der Waals surface area contributed by atoms with Crippen LogP contribution in [-0.4, -0.2) is 97.3 Å². The zero-order chi connectivity index (χ0) is 25.7. The van der Waals surface area contributed by atoms with Crippen molar-refractivity contribution in [1.82, 2.24) is 30.0 Å². The Hall–Kier alpha value is -2.30. The number of benzene rings is 1. The molecule has 2 aromatic heterocycles. The van der Waals surface area contributed by atoms with Crippen LogP contribution >= 0.6 is 31.9 Å². The molecule has 12 nitrogen and oxygen atoms in total. The number of aliphatic hydroxyl groups is 6. The molecule has 1 aromatic carbocycles. The van der Waals surface area contributed by atoms with Crippen LogP contribution in [0.3, 0.4) is 0 Å². The maximum atomic E-state index is 10.3. The fourth-order valence-electron chi connectivity index (χ4n) is 4.21. The molecular formula is C22H22Br2N6O6. The Morgan fingerprint density at radius 2 is 0.944 bits per heavy atom. The number of aromatic nitrogens is 6. The molecule has 0 spiro atoms. The summed E-state index contributed by atoms with van der Waals surface area (Å²) >= 11 is 6.41. The average Bonchev–Trinajstić information content (AvgIpc) is 3.56. The van der Waals surface area contributed by atoms with Gasteiger partial charge in [-0.2, -0.15) is 0 Å². The molecule has 0 amide bonds. The third-order valence-corrected chi connectivity index (χ3v) is 7.85. The van der Waals surface area contributed by atoms with Crippen molar-refractivity contribution in [2.24, 2.45) is 0 Å². The van der Waals surface area contributed by atoms with Crippen molar-refractivity contribution in [2.75, 3.05) is 0 Å². The van der Waals surface area contributed by atoms with Crippen LogP contribution in [0.2, 0.25) is 0 Å². The zero-order valence-electron chi connectivity index (χ0n) is 18.4. The summed E-state index contributed by atoms with van der Waals surface area (Å²) in [5.41, 5.74) is 2.57. The van der Waals surface area contributed by atoms with E-state index in [4.69, 9.17) is 0 Å². The van der Waals surface area contributed by atoms with Crippen LogP contribution in [0.1, 0.15) is 12.1 Å². The van der Waals surface area contributed by atoms with Crippen LogP contribution in [0.4, 0.5) is 0 Å². The minimum Gasteiger partial charge on any atom is -0.388 e. The zero-order valence-corrected chi connectivity index (χ0v) is 21.5. The summed E-state index contributed by atoms with van der Waals surface area (Å²) in [4.78, 5) is 0. The third-order valence-electron chi connectivity index (χ3n) is 6.38. The van der Waals surface area contributed by atoms with E-state index in [1.807, 2.05) is 24.3 Å². The molecule has 6 N–H and O–H groups in total. The first-order chi connectivity index (χ1) is 17.2. The van der Waals surface area contributed by atoms with Crippen LogP contribution in [0.25, 0.3) is 22.5 Å². The van der Waals surface area contributed by atoms with Crippen LogP contribution in [0, 0.1) is 0 Å². The molecule has 190 valence electrons. The minimum absolute atomic E-state index is 0.356. The molecule has 0 bridgehead atoms. The molecule has 8 atom stereocenters. The fourth-order valence-corrected chi connectivity index (χ4v) is 5.29. The standard InChI is InChI=1S/C22H22Br2N6O6/c23-11-5-15(19(33)21(35)17(11)31)29-7-13(25-27-29)9-1-2-10(4-3-9)14-8-30(28-26-14)16-6-12(24)18(32)22(36)20(16)34/h1-8,15-22,31-36H/t15-,16-,17-,18-,19-,20-,21-,22-/m1/s1. The minimum atomic E-state index is -1.37. The Morgan fingerprint density at radius 3 is 1.31 bits per heavy atom. The highest BCUT2D eigenvalue weighted by Crippen LogP contribution is 2.33. The lowest BCUT2D eigenvalue weighted by Gasteiger charge is -2.32. The highest BCUT2D eigenvalue weighted by Gasteiger charge is 2.39. The van der Waals surface area contributed by atoms with Crippen molar-refractivity contribution >= 4 is 31.9 Å². The van der Waals surface area contributed by atoms with Crippen LogP contribution in [-0.2, 0) is 0 Å². The van der Waals surface area contributed by atoms with Crippen molar-refractivity contribution < 1.29 is 30.6 Å². The van der Waals surface area contributed by atoms with Gasteiger partial charge in [-0.25, -0.2) is 9.36 Å². The Bertz CT molecular complexity index is 1210. The Labute approximate surface area is 221 Å². The van der Waals surface area contributed by atoms with E-state index in [1.165, 1.54) is 9.36 Å². The highest BCUT2D eigenvalue weighted by molar-refractivity contribution is 9.12. The van der Waals surface area contributed by atoms with Crippen molar-refractivity contribution in [2.45, 2.75) is 48.7 Å². The molecule has 2 aliphatic rings. The topological polar surface area (TPSA) is 183 Å². The van der Waals surface area contributed by atoms with E-state index in [0.717, 1.165) is 11.1 Å². The van der Waals surface area contributed by atoms with Gasteiger partial charge in [0.15, 0.2) is 0 Å². The number of hydrogen-bond donors (Lipinski definition) is 6. The van der Waals surface area contributed by atoms with Gasteiger partial charge in [-0.15, -0.1) is 10.2 Å². The number of rotatable bonds is 4. The van der Waals surface area contributed by atoms with Gasteiger partial charge in [-0.1, -0.05) is 66.6 Å². The molecule has 0 saturated heterocycles. The SMILES string of the molecule is O[C@H]1[C@H](O)[C@H](n2cc(-c3ccc(-c4cn([C@@H]5C=C(Br)[C@@H](O)[C@@H](O)[C@@H]5O)nn4)cc3)nn2)C=C(Br)[C@H]1O. The molecule has 14 heteroatoms. The first kappa shape index (κ1) is 25.4. The van der Waals surface area contributed by atoms with Crippen LogP contribution < -0.4 is 0 Å². The normalized spacial score (nSPS) is 32.8. The average molecular weight is 626 g/mol. The maximum absolute atomic E-state index is 10.3. The molecule has 36 heavy (non-hydrogen) atoms. The maximum Gasteiger partial charge on any atom is 0.114 e. The van der Waals surface area contributed by atoms with Gasteiger partial charge in [0, 0.05) is 20.1 Å². The summed E-state index contributed by atoms with van der Waals surface area (Å²) in [6, 6.07) is 5.84. The molecule has 0 aliphatic heterocycles. The number of nitrogens with zero attached hydrogens (tertiary/aromatic N) is 6. The second-order valence-corrected chi connectivity index (χ2v) is 10.5. The Morgan fingerprint density at radius 1 is 0.583 bits per heavy atom. The first-order valence-electron chi connectivity index (χ1n) is 10.9. The summed E-state index contributed by atoms with van der Waals surface area (Å²) in [5.74, 6) is 0. The van der Waals surface area contributed by atoms with E-state index in [0.29, 0.717) is 20.4 Å². The summed E-state index contributed by atoms with van der Waals surface area (Å²) in [6.07, 6.45) is -1.26. The van der Waals surface area contributed by atoms with Gasteiger partial charge in [0.2, 0.25) is 0 Å². The van der Waals surface area contributed by atoms with Crippen molar-refractivity contribution in [1.29, 1.82) is 0 Å². The molecule has 0 radical (unpaired) electrons. The second kappa shape index (κ2) is 9.87.